The number of carbonyl (C=O) groups excluding carboxylic acids is 1. The summed E-state index contributed by atoms with van der Waals surface area (Å²) >= 11 is 11.1. The van der Waals surface area contributed by atoms with Gasteiger partial charge in [-0.3, -0.25) is 19.7 Å². The normalized spacial score (nSPS) is 12.0. The number of ketones is 1. The lowest BCUT2D eigenvalue weighted by Crippen LogP contribution is -2.23. The topological polar surface area (TPSA) is 97.5 Å². The monoisotopic (exact) mass is 323 g/mol. The Morgan fingerprint density at radius 3 is 2.40 bits per heavy atom. The summed E-state index contributed by atoms with van der Waals surface area (Å²) in [5.74, 6) is -5.12. The van der Waals surface area contributed by atoms with E-state index in [-0.39, 0.29) is 6.42 Å². The number of rotatable bonds is 5. The molecule has 0 bridgehead atoms. The van der Waals surface area contributed by atoms with Crippen LogP contribution in [-0.4, -0.2) is 21.8 Å². The van der Waals surface area contributed by atoms with E-state index in [4.69, 9.17) is 28.3 Å². The third-order valence-electron chi connectivity index (χ3n) is 2.60. The Morgan fingerprint density at radius 1 is 1.45 bits per heavy atom. The standard InChI is InChI=1S/C11H8Cl2FNO5/c1-2-4(11(17)18)10(16)5-3-6(14)8(13)9(7(5)12)15(19)20/h3-4H,2H2,1H3,(H,17,18). The van der Waals surface area contributed by atoms with Crippen molar-refractivity contribution in [3.8, 4) is 0 Å². The quantitative estimate of drug-likeness (QED) is 0.294. The minimum atomic E-state index is -1.47. The van der Waals surface area contributed by atoms with Gasteiger partial charge in [-0.05, 0) is 12.5 Å². The van der Waals surface area contributed by atoms with Crippen molar-refractivity contribution in [3.05, 3.63) is 37.6 Å². The first kappa shape index (κ1) is 16.3. The SMILES string of the molecule is CCC(C(=O)O)C(=O)c1cc(F)c(Cl)c([N+](=O)[O-])c1Cl. The average Bonchev–Trinajstić information content (AvgIpc) is 2.33. The summed E-state index contributed by atoms with van der Waals surface area (Å²) in [7, 11) is 0. The maximum Gasteiger partial charge on any atom is 0.314 e. The van der Waals surface area contributed by atoms with Gasteiger partial charge in [0, 0.05) is 5.56 Å². The van der Waals surface area contributed by atoms with Gasteiger partial charge in [0.25, 0.3) is 0 Å². The minimum Gasteiger partial charge on any atom is -0.481 e. The number of carboxylic acid groups (broad SMARTS) is 1. The zero-order valence-electron chi connectivity index (χ0n) is 10.0. The smallest absolute Gasteiger partial charge is 0.314 e. The number of hydrogen-bond acceptors (Lipinski definition) is 4. The largest absolute Gasteiger partial charge is 0.481 e. The number of Topliss-reactive ketones (excluding diaryl/α,β-unsaturated/α-hetero) is 1. The minimum absolute atomic E-state index is 0.0669. The van der Waals surface area contributed by atoms with E-state index in [2.05, 4.69) is 0 Å². The molecule has 1 aromatic carbocycles. The van der Waals surface area contributed by atoms with Crippen molar-refractivity contribution >= 4 is 40.6 Å². The molecule has 0 fully saturated rings. The van der Waals surface area contributed by atoms with Crippen LogP contribution in [0.2, 0.25) is 10.0 Å². The van der Waals surface area contributed by atoms with E-state index in [1.807, 2.05) is 0 Å². The molecule has 6 nitrogen and oxygen atoms in total. The molecule has 0 saturated carbocycles. The van der Waals surface area contributed by atoms with E-state index in [1.165, 1.54) is 6.92 Å². The highest BCUT2D eigenvalue weighted by Gasteiger charge is 2.33. The molecule has 0 spiro atoms. The van der Waals surface area contributed by atoms with Crippen molar-refractivity contribution < 1.29 is 24.0 Å². The zero-order chi connectivity index (χ0) is 15.6. The van der Waals surface area contributed by atoms with Crippen LogP contribution in [0, 0.1) is 21.8 Å². The second-order valence-corrected chi connectivity index (χ2v) is 4.56. The molecule has 1 atom stereocenters. The summed E-state index contributed by atoms with van der Waals surface area (Å²) in [4.78, 5) is 32.6. The molecular formula is C11H8Cl2FNO5. The van der Waals surface area contributed by atoms with Gasteiger partial charge in [-0.1, -0.05) is 30.1 Å². The number of hydrogen-bond donors (Lipinski definition) is 1. The Hall–Kier alpha value is -1.73. The Kier molecular flexibility index (Phi) is 5.02. The van der Waals surface area contributed by atoms with Gasteiger partial charge in [-0.25, -0.2) is 4.39 Å². The number of halogens is 3. The predicted molar refractivity (Wildman–Crippen MR) is 68.8 cm³/mol. The Labute approximate surface area is 122 Å². The summed E-state index contributed by atoms with van der Waals surface area (Å²) in [5.41, 5.74) is -1.54. The highest BCUT2D eigenvalue weighted by molar-refractivity contribution is 6.40. The second-order valence-electron chi connectivity index (χ2n) is 3.80. The van der Waals surface area contributed by atoms with E-state index in [0.717, 1.165) is 0 Å². The van der Waals surface area contributed by atoms with Crippen LogP contribution in [0.15, 0.2) is 6.07 Å². The van der Waals surface area contributed by atoms with Crippen LogP contribution in [0.25, 0.3) is 0 Å². The van der Waals surface area contributed by atoms with Crippen LogP contribution in [0.4, 0.5) is 10.1 Å². The van der Waals surface area contributed by atoms with E-state index in [0.29, 0.717) is 6.07 Å². The van der Waals surface area contributed by atoms with Crippen molar-refractivity contribution in [3.63, 3.8) is 0 Å². The van der Waals surface area contributed by atoms with Crippen LogP contribution in [0.3, 0.4) is 0 Å². The predicted octanol–water partition coefficient (Wildman–Crippen LogP) is 3.33. The number of nitrogens with zero attached hydrogens (tertiary/aromatic N) is 1. The molecule has 0 heterocycles. The van der Waals surface area contributed by atoms with Crippen molar-refractivity contribution in [2.75, 3.05) is 0 Å². The van der Waals surface area contributed by atoms with Crippen molar-refractivity contribution in [2.45, 2.75) is 13.3 Å². The van der Waals surface area contributed by atoms with Crippen LogP contribution in [0.5, 0.6) is 0 Å². The van der Waals surface area contributed by atoms with Gasteiger partial charge in [-0.2, -0.15) is 0 Å². The van der Waals surface area contributed by atoms with Crippen molar-refractivity contribution in [1.82, 2.24) is 0 Å². The van der Waals surface area contributed by atoms with Gasteiger partial charge in [-0.15, -0.1) is 0 Å². The fourth-order valence-corrected chi connectivity index (χ4v) is 2.17. The molecule has 1 N–H and O–H groups in total. The Bertz CT molecular complexity index is 605. The summed E-state index contributed by atoms with van der Waals surface area (Å²) in [6.45, 7) is 1.44. The van der Waals surface area contributed by atoms with E-state index >= 15 is 0 Å². The molecule has 1 aromatic rings. The maximum atomic E-state index is 13.5. The third kappa shape index (κ3) is 2.88. The molecule has 1 unspecified atom stereocenters. The number of nitro benzene ring substituents is 1. The lowest BCUT2D eigenvalue weighted by Gasteiger charge is -2.11. The van der Waals surface area contributed by atoms with E-state index in [1.54, 1.807) is 0 Å². The van der Waals surface area contributed by atoms with Crippen LogP contribution in [-0.2, 0) is 4.79 Å². The lowest BCUT2D eigenvalue weighted by molar-refractivity contribution is -0.384. The molecule has 0 aliphatic carbocycles. The van der Waals surface area contributed by atoms with Gasteiger partial charge in [0.1, 0.15) is 16.8 Å². The highest BCUT2D eigenvalue weighted by atomic mass is 35.5. The number of carbonyl (C=O) groups is 2. The maximum absolute atomic E-state index is 13.5. The van der Waals surface area contributed by atoms with Gasteiger partial charge < -0.3 is 5.11 Å². The van der Waals surface area contributed by atoms with Gasteiger partial charge in [0.2, 0.25) is 0 Å². The first-order valence-electron chi connectivity index (χ1n) is 5.31. The molecule has 0 aromatic heterocycles. The van der Waals surface area contributed by atoms with Gasteiger partial charge in [0.15, 0.2) is 10.8 Å². The molecule has 20 heavy (non-hydrogen) atoms. The summed E-state index contributed by atoms with van der Waals surface area (Å²) < 4.78 is 13.5. The Balaban J connectivity index is 3.51. The number of carboxylic acids is 1. The first-order chi connectivity index (χ1) is 9.22. The van der Waals surface area contributed by atoms with Crippen molar-refractivity contribution in [1.29, 1.82) is 0 Å². The van der Waals surface area contributed by atoms with Crippen LogP contribution >= 0.6 is 23.2 Å². The molecule has 9 heteroatoms. The number of aliphatic carboxylic acids is 1. The van der Waals surface area contributed by atoms with Crippen LogP contribution in [0.1, 0.15) is 23.7 Å². The fourth-order valence-electron chi connectivity index (χ4n) is 1.59. The third-order valence-corrected chi connectivity index (χ3v) is 3.35. The highest BCUT2D eigenvalue weighted by Crippen LogP contribution is 2.38. The molecule has 1 rings (SSSR count). The summed E-state index contributed by atoms with van der Waals surface area (Å²) in [6.07, 6.45) is -0.0669. The molecule has 0 aliphatic heterocycles. The first-order valence-corrected chi connectivity index (χ1v) is 6.06. The average molecular weight is 324 g/mol. The molecule has 0 radical (unpaired) electrons. The van der Waals surface area contributed by atoms with Crippen molar-refractivity contribution in [2.24, 2.45) is 5.92 Å². The number of benzene rings is 1. The summed E-state index contributed by atoms with van der Waals surface area (Å²) in [6, 6.07) is 0.603. The molecule has 0 saturated heterocycles. The van der Waals surface area contributed by atoms with Crippen LogP contribution < -0.4 is 0 Å². The van der Waals surface area contributed by atoms with Gasteiger partial charge >= 0.3 is 11.7 Å². The fraction of sp³-hybridized carbons (Fsp3) is 0.273. The summed E-state index contributed by atoms with van der Waals surface area (Å²) in [5, 5.41) is 18.2. The lowest BCUT2D eigenvalue weighted by atomic mass is 9.95. The zero-order valence-corrected chi connectivity index (χ0v) is 11.5. The Morgan fingerprint density at radius 2 is 2.00 bits per heavy atom. The van der Waals surface area contributed by atoms with Gasteiger partial charge in [0.05, 0.1) is 4.92 Å². The molecule has 108 valence electrons. The number of nitro groups is 1. The molecule has 0 amide bonds. The molecular weight excluding hydrogens is 316 g/mol. The van der Waals surface area contributed by atoms with E-state index < -0.39 is 49.7 Å². The molecule has 0 aliphatic rings. The van der Waals surface area contributed by atoms with E-state index in [9.17, 15) is 24.1 Å². The second kappa shape index (κ2) is 6.15.